The molecule has 5 heteroatoms. The van der Waals surface area contributed by atoms with Gasteiger partial charge in [-0.05, 0) is 18.9 Å². The summed E-state index contributed by atoms with van der Waals surface area (Å²) in [6, 6.07) is 9.39. The summed E-state index contributed by atoms with van der Waals surface area (Å²) >= 11 is 0. The summed E-state index contributed by atoms with van der Waals surface area (Å²) in [7, 11) is 0. The molecule has 0 fully saturated rings. The molecule has 1 aromatic carbocycles. The lowest BCUT2D eigenvalue weighted by atomic mass is 9.97. The first-order valence-electron chi connectivity index (χ1n) is 7.96. The van der Waals surface area contributed by atoms with Gasteiger partial charge in [0.05, 0.1) is 12.6 Å². The Bertz CT molecular complexity index is 611. The third-order valence-corrected chi connectivity index (χ3v) is 3.91. The summed E-state index contributed by atoms with van der Waals surface area (Å²) in [6.07, 6.45) is 6.01. The van der Waals surface area contributed by atoms with Gasteiger partial charge in [0, 0.05) is 12.5 Å². The van der Waals surface area contributed by atoms with E-state index in [4.69, 9.17) is 9.47 Å². The molecular weight excluding hydrogens is 306 g/mol. The van der Waals surface area contributed by atoms with E-state index in [-0.39, 0.29) is 18.6 Å². The van der Waals surface area contributed by atoms with Crippen molar-refractivity contribution in [3.63, 3.8) is 0 Å². The average Bonchev–Trinajstić information content (AvgIpc) is 2.60. The Kier molecular flexibility index (Phi) is 6.32. The van der Waals surface area contributed by atoms with E-state index in [1.165, 1.54) is 0 Å². The molecule has 5 nitrogen and oxygen atoms in total. The predicted octanol–water partition coefficient (Wildman–Crippen LogP) is 2.18. The van der Waals surface area contributed by atoms with Gasteiger partial charge in [0.1, 0.15) is 12.2 Å². The molecule has 1 amide bonds. The van der Waals surface area contributed by atoms with Crippen molar-refractivity contribution >= 4 is 11.9 Å². The van der Waals surface area contributed by atoms with E-state index >= 15 is 0 Å². The van der Waals surface area contributed by atoms with Gasteiger partial charge in [-0.1, -0.05) is 49.1 Å². The molecule has 0 spiro atoms. The Morgan fingerprint density at radius 3 is 2.75 bits per heavy atom. The van der Waals surface area contributed by atoms with Gasteiger partial charge in [-0.25, -0.2) is 4.79 Å². The van der Waals surface area contributed by atoms with Crippen LogP contribution in [-0.2, 0) is 25.5 Å². The highest BCUT2D eigenvalue weighted by Crippen LogP contribution is 2.20. The van der Waals surface area contributed by atoms with Gasteiger partial charge in [0.25, 0.3) is 5.91 Å². The standard InChI is InChI=1S/C19H23NO4/c1-3-17(21)23-14-16(13-15-9-5-4-6-10-15)20-18(22)19(2)11-7-8-12-24-19/h3-10,16H,1,11-14H2,2H3,(H,20,22)/t16-,19-/m0/s1. The topological polar surface area (TPSA) is 64.6 Å². The largest absolute Gasteiger partial charge is 0.460 e. The average molecular weight is 329 g/mol. The number of ether oxygens (including phenoxy) is 2. The van der Waals surface area contributed by atoms with Gasteiger partial charge in [-0.15, -0.1) is 0 Å². The van der Waals surface area contributed by atoms with Crippen LogP contribution in [0, 0.1) is 0 Å². The van der Waals surface area contributed by atoms with Crippen molar-refractivity contribution in [2.24, 2.45) is 0 Å². The van der Waals surface area contributed by atoms with E-state index in [9.17, 15) is 9.59 Å². The molecule has 0 aromatic heterocycles. The van der Waals surface area contributed by atoms with Crippen molar-refractivity contribution < 1.29 is 19.1 Å². The van der Waals surface area contributed by atoms with Gasteiger partial charge in [0.2, 0.25) is 0 Å². The minimum Gasteiger partial charge on any atom is -0.460 e. The molecule has 1 heterocycles. The van der Waals surface area contributed by atoms with Gasteiger partial charge in [-0.2, -0.15) is 0 Å². The van der Waals surface area contributed by atoms with Crippen LogP contribution in [0.5, 0.6) is 0 Å². The quantitative estimate of drug-likeness (QED) is 0.473. The summed E-state index contributed by atoms with van der Waals surface area (Å²) < 4.78 is 10.7. The highest BCUT2D eigenvalue weighted by atomic mass is 16.5. The molecule has 1 aliphatic heterocycles. The van der Waals surface area contributed by atoms with E-state index in [0.717, 1.165) is 11.6 Å². The van der Waals surface area contributed by atoms with Crippen LogP contribution < -0.4 is 5.32 Å². The lowest BCUT2D eigenvalue weighted by Crippen LogP contribution is -2.52. The van der Waals surface area contributed by atoms with Crippen molar-refractivity contribution in [1.82, 2.24) is 5.32 Å². The summed E-state index contributed by atoms with van der Waals surface area (Å²) in [6.45, 7) is 5.64. The molecular formula is C19H23NO4. The van der Waals surface area contributed by atoms with E-state index in [1.54, 1.807) is 6.92 Å². The Hall–Kier alpha value is -2.40. The fourth-order valence-electron chi connectivity index (χ4n) is 2.46. The molecule has 0 unspecified atom stereocenters. The Labute approximate surface area is 142 Å². The number of esters is 1. The number of carbonyl (C=O) groups excluding carboxylic acids is 2. The molecule has 1 aromatic rings. The van der Waals surface area contributed by atoms with Crippen LogP contribution in [0.1, 0.15) is 18.9 Å². The fourth-order valence-corrected chi connectivity index (χ4v) is 2.46. The summed E-state index contributed by atoms with van der Waals surface area (Å²) in [5.41, 5.74) is 0.152. The summed E-state index contributed by atoms with van der Waals surface area (Å²) in [5, 5.41) is 2.95. The molecule has 0 saturated carbocycles. The zero-order chi connectivity index (χ0) is 17.4. The number of amides is 1. The fraction of sp³-hybridized carbons (Fsp3) is 0.368. The molecule has 1 N–H and O–H groups in total. The van der Waals surface area contributed by atoms with Crippen LogP contribution in [0.3, 0.4) is 0 Å². The second kappa shape index (κ2) is 8.45. The van der Waals surface area contributed by atoms with Crippen LogP contribution in [0.15, 0.2) is 55.1 Å². The molecule has 2 rings (SSSR count). The normalized spacial score (nSPS) is 20.9. The molecule has 2 atom stereocenters. The Balaban J connectivity index is 2.03. The molecule has 0 saturated heterocycles. The lowest BCUT2D eigenvalue weighted by Gasteiger charge is -2.31. The number of carbonyl (C=O) groups is 2. The van der Waals surface area contributed by atoms with Crippen LogP contribution >= 0.6 is 0 Å². The summed E-state index contributed by atoms with van der Waals surface area (Å²) in [5.74, 6) is -0.715. The minimum absolute atomic E-state index is 0.0808. The van der Waals surface area contributed by atoms with Gasteiger partial charge >= 0.3 is 5.97 Å². The van der Waals surface area contributed by atoms with Crippen molar-refractivity contribution in [1.29, 1.82) is 0 Å². The second-order valence-corrected chi connectivity index (χ2v) is 5.91. The maximum absolute atomic E-state index is 12.6. The third kappa shape index (κ3) is 5.06. The van der Waals surface area contributed by atoms with E-state index < -0.39 is 11.6 Å². The molecule has 128 valence electrons. The van der Waals surface area contributed by atoms with Gasteiger partial charge < -0.3 is 14.8 Å². The van der Waals surface area contributed by atoms with Crippen LogP contribution in [0.4, 0.5) is 0 Å². The van der Waals surface area contributed by atoms with Gasteiger partial charge in [-0.3, -0.25) is 4.79 Å². The molecule has 24 heavy (non-hydrogen) atoms. The van der Waals surface area contributed by atoms with Crippen molar-refractivity contribution in [3.05, 3.63) is 60.7 Å². The third-order valence-electron chi connectivity index (χ3n) is 3.91. The first-order chi connectivity index (χ1) is 11.5. The zero-order valence-electron chi connectivity index (χ0n) is 13.9. The van der Waals surface area contributed by atoms with E-state index in [2.05, 4.69) is 11.9 Å². The first-order valence-corrected chi connectivity index (χ1v) is 7.96. The number of nitrogens with one attached hydrogen (secondary N) is 1. The molecule has 0 aliphatic carbocycles. The van der Waals surface area contributed by atoms with Crippen LogP contribution in [0.2, 0.25) is 0 Å². The smallest absolute Gasteiger partial charge is 0.330 e. The number of hydrogen-bond donors (Lipinski definition) is 1. The molecule has 1 aliphatic rings. The van der Waals surface area contributed by atoms with Crippen molar-refractivity contribution in [2.45, 2.75) is 31.4 Å². The first kappa shape index (κ1) is 17.9. The van der Waals surface area contributed by atoms with Crippen LogP contribution in [-0.4, -0.2) is 36.7 Å². The van der Waals surface area contributed by atoms with Gasteiger partial charge in [0.15, 0.2) is 0 Å². The van der Waals surface area contributed by atoms with Crippen molar-refractivity contribution in [3.8, 4) is 0 Å². The minimum atomic E-state index is -0.897. The highest BCUT2D eigenvalue weighted by Gasteiger charge is 2.35. The molecule has 0 bridgehead atoms. The highest BCUT2D eigenvalue weighted by molar-refractivity contribution is 5.85. The van der Waals surface area contributed by atoms with E-state index in [0.29, 0.717) is 19.4 Å². The van der Waals surface area contributed by atoms with E-state index in [1.807, 2.05) is 42.5 Å². The summed E-state index contributed by atoms with van der Waals surface area (Å²) in [4.78, 5) is 23.9. The maximum Gasteiger partial charge on any atom is 0.330 e. The molecule has 0 radical (unpaired) electrons. The Morgan fingerprint density at radius 1 is 1.38 bits per heavy atom. The van der Waals surface area contributed by atoms with Crippen LogP contribution in [0.25, 0.3) is 0 Å². The number of hydrogen-bond acceptors (Lipinski definition) is 4. The predicted molar refractivity (Wildman–Crippen MR) is 91.3 cm³/mol. The van der Waals surface area contributed by atoms with Crippen molar-refractivity contribution in [2.75, 3.05) is 13.2 Å². The SMILES string of the molecule is C=CC(=O)OC[C@H](Cc1ccccc1)NC(=O)[C@]1(C)CC=CCO1. The lowest BCUT2D eigenvalue weighted by molar-refractivity contribution is -0.147. The number of benzene rings is 1. The second-order valence-electron chi connectivity index (χ2n) is 5.91. The monoisotopic (exact) mass is 329 g/mol. The number of rotatable bonds is 7. The maximum atomic E-state index is 12.6. The zero-order valence-corrected chi connectivity index (χ0v) is 13.9. The Morgan fingerprint density at radius 2 is 2.12 bits per heavy atom.